The monoisotopic (exact) mass is 543 g/mol. The number of alkyl halides is 3. The maximum Gasteiger partial charge on any atom is 0.417 e. The molecule has 2 heterocycles. The van der Waals surface area contributed by atoms with Gasteiger partial charge in [-0.2, -0.15) is 17.6 Å². The highest BCUT2D eigenvalue weighted by molar-refractivity contribution is 5.97. The number of amides is 2. The number of hydrogen-bond donors (Lipinski definition) is 3. The summed E-state index contributed by atoms with van der Waals surface area (Å²) in [6.07, 6.45) is -6.12. The maximum atomic E-state index is 15.0. The maximum absolute atomic E-state index is 15.0. The second-order valence-electron chi connectivity index (χ2n) is 10.2. The number of hydrogen-bond acceptors (Lipinski definition) is 6. The van der Waals surface area contributed by atoms with Crippen LogP contribution in [0.15, 0.2) is 30.5 Å². The number of ether oxygens (including phenoxy) is 2. The number of rotatable bonds is 6. The van der Waals surface area contributed by atoms with Crippen LogP contribution in [-0.4, -0.2) is 51.5 Å². The largest absolute Gasteiger partial charge is 0.487 e. The number of nitrogens with one attached hydrogen (secondary N) is 1. The Morgan fingerprint density at radius 1 is 1.21 bits per heavy atom. The minimum atomic E-state index is -4.93. The van der Waals surface area contributed by atoms with Crippen molar-refractivity contribution in [1.82, 2.24) is 4.98 Å². The van der Waals surface area contributed by atoms with Gasteiger partial charge >= 0.3 is 6.18 Å². The van der Waals surface area contributed by atoms with Crippen molar-refractivity contribution in [1.29, 1.82) is 0 Å². The number of nitrogens with two attached hydrogens (primary N) is 1. The van der Waals surface area contributed by atoms with Crippen molar-refractivity contribution in [3.8, 4) is 5.75 Å². The second kappa shape index (κ2) is 9.45. The minimum absolute atomic E-state index is 0.00729. The standard InChI is InChI=1S/C25H26F5N3O5/c1-11-17(14-4-5-15(26)18(27)19(14)37-13-9-23(2,36)10-13)20(38-24(11,3)25(28,29)30)22(35)33-12-6-7-32-16(8-12)21(31)34/h4-8,11,13,17,20,36H,9-10H2,1-3H3,(H2,31,34)(H,32,33,35)/t11-,13-,17-,20+,23+,24+/m0/s1. The summed E-state index contributed by atoms with van der Waals surface area (Å²) in [5, 5.41) is 12.4. The minimum Gasteiger partial charge on any atom is -0.487 e. The summed E-state index contributed by atoms with van der Waals surface area (Å²) >= 11 is 0. The topological polar surface area (TPSA) is 124 Å². The van der Waals surface area contributed by atoms with Crippen LogP contribution in [0.1, 0.15) is 55.6 Å². The molecule has 1 saturated carbocycles. The number of aromatic nitrogens is 1. The van der Waals surface area contributed by atoms with Crippen LogP contribution >= 0.6 is 0 Å². The van der Waals surface area contributed by atoms with Crippen LogP contribution in [0.3, 0.4) is 0 Å². The zero-order chi connectivity index (χ0) is 28.2. The predicted molar refractivity (Wildman–Crippen MR) is 123 cm³/mol. The number of carbonyl (C=O) groups excluding carboxylic acids is 2. The van der Waals surface area contributed by atoms with E-state index in [-0.39, 0.29) is 29.8 Å². The number of primary amides is 1. The van der Waals surface area contributed by atoms with E-state index >= 15 is 4.39 Å². The lowest BCUT2D eigenvalue weighted by Crippen LogP contribution is -2.47. The Kier molecular flexibility index (Phi) is 6.89. The number of nitrogens with zero attached hydrogens (tertiary/aromatic N) is 1. The molecule has 2 amide bonds. The number of benzene rings is 1. The lowest BCUT2D eigenvalue weighted by Gasteiger charge is -2.41. The van der Waals surface area contributed by atoms with Gasteiger partial charge in [-0.05, 0) is 32.0 Å². The SMILES string of the molecule is C[C@H]1[C@@H](c2ccc(F)c(F)c2O[C@H]2C[C@@](C)(O)C2)[C@H](C(=O)Nc2ccnc(C(N)=O)c2)O[C@@]1(C)C(F)(F)F. The summed E-state index contributed by atoms with van der Waals surface area (Å²) in [4.78, 5) is 28.5. The van der Waals surface area contributed by atoms with Crippen LogP contribution in [0.4, 0.5) is 27.6 Å². The normalized spacial score (nSPS) is 31.0. The molecule has 206 valence electrons. The molecule has 2 aromatic rings. The van der Waals surface area contributed by atoms with Gasteiger partial charge in [-0.3, -0.25) is 14.6 Å². The Hall–Kier alpha value is -3.32. The first-order valence-electron chi connectivity index (χ1n) is 11.7. The Labute approximate surface area is 214 Å². The first-order chi connectivity index (χ1) is 17.5. The van der Waals surface area contributed by atoms with Gasteiger partial charge in [-0.15, -0.1) is 0 Å². The van der Waals surface area contributed by atoms with E-state index in [1.807, 2.05) is 0 Å². The summed E-state index contributed by atoms with van der Waals surface area (Å²) < 4.78 is 82.7. The highest BCUT2D eigenvalue weighted by atomic mass is 19.4. The predicted octanol–water partition coefficient (Wildman–Crippen LogP) is 3.83. The third kappa shape index (κ3) is 4.92. The third-order valence-corrected chi connectivity index (χ3v) is 7.27. The van der Waals surface area contributed by atoms with E-state index in [9.17, 15) is 32.3 Å². The van der Waals surface area contributed by atoms with E-state index in [4.69, 9.17) is 15.2 Å². The molecule has 1 aromatic carbocycles. The Balaban J connectivity index is 1.75. The summed E-state index contributed by atoms with van der Waals surface area (Å²) in [5.41, 5.74) is 0.892. The Morgan fingerprint density at radius 3 is 2.45 bits per heavy atom. The Morgan fingerprint density at radius 2 is 1.87 bits per heavy atom. The van der Waals surface area contributed by atoms with E-state index in [0.717, 1.165) is 25.1 Å². The fourth-order valence-electron chi connectivity index (χ4n) is 4.98. The smallest absolute Gasteiger partial charge is 0.417 e. The van der Waals surface area contributed by atoms with E-state index in [0.29, 0.717) is 0 Å². The molecule has 4 atom stereocenters. The van der Waals surface area contributed by atoms with Crippen LogP contribution in [0.5, 0.6) is 5.75 Å². The molecule has 2 fully saturated rings. The van der Waals surface area contributed by atoms with Gasteiger partial charge in [0.1, 0.15) is 17.9 Å². The Bertz CT molecular complexity index is 1260. The molecule has 2 aliphatic rings. The highest BCUT2D eigenvalue weighted by Crippen LogP contribution is 2.55. The van der Waals surface area contributed by atoms with Crippen molar-refractivity contribution in [2.45, 2.75) is 69.1 Å². The fraction of sp³-hybridized carbons (Fsp3) is 0.480. The van der Waals surface area contributed by atoms with Crippen LogP contribution in [0, 0.1) is 17.6 Å². The van der Waals surface area contributed by atoms with Gasteiger partial charge in [-0.1, -0.05) is 13.0 Å². The molecular formula is C25H26F5N3O5. The molecule has 1 saturated heterocycles. The van der Waals surface area contributed by atoms with Gasteiger partial charge < -0.3 is 25.6 Å². The van der Waals surface area contributed by atoms with Crippen LogP contribution in [-0.2, 0) is 9.53 Å². The number of pyridine rings is 1. The number of halogens is 5. The quantitative estimate of drug-likeness (QED) is 0.476. The van der Waals surface area contributed by atoms with Gasteiger partial charge in [0.15, 0.2) is 17.2 Å². The molecule has 0 radical (unpaired) electrons. The lowest BCUT2D eigenvalue weighted by molar-refractivity contribution is -0.272. The van der Waals surface area contributed by atoms with E-state index < -0.39 is 70.6 Å². The van der Waals surface area contributed by atoms with Crippen molar-refractivity contribution in [2.24, 2.45) is 11.7 Å². The summed E-state index contributed by atoms with van der Waals surface area (Å²) in [6.45, 7) is 3.50. The number of carbonyl (C=O) groups is 2. The molecule has 0 spiro atoms. The first kappa shape index (κ1) is 27.7. The highest BCUT2D eigenvalue weighted by Gasteiger charge is 2.66. The number of aliphatic hydroxyl groups is 1. The van der Waals surface area contributed by atoms with Gasteiger partial charge in [0, 0.05) is 42.1 Å². The fourth-order valence-corrected chi connectivity index (χ4v) is 4.98. The van der Waals surface area contributed by atoms with Crippen LogP contribution in [0.2, 0.25) is 0 Å². The molecule has 4 N–H and O–H groups in total. The van der Waals surface area contributed by atoms with Gasteiger partial charge in [0.2, 0.25) is 5.82 Å². The van der Waals surface area contributed by atoms with Crippen molar-refractivity contribution < 1.29 is 46.1 Å². The summed E-state index contributed by atoms with van der Waals surface area (Å²) in [7, 11) is 0. The first-order valence-corrected chi connectivity index (χ1v) is 11.7. The molecule has 0 bridgehead atoms. The molecule has 1 aliphatic carbocycles. The molecule has 8 nitrogen and oxygen atoms in total. The summed E-state index contributed by atoms with van der Waals surface area (Å²) in [6, 6.07) is 4.22. The summed E-state index contributed by atoms with van der Waals surface area (Å²) in [5.74, 6) is -8.17. The van der Waals surface area contributed by atoms with Crippen molar-refractivity contribution >= 4 is 17.5 Å². The molecule has 1 aliphatic heterocycles. The van der Waals surface area contributed by atoms with Crippen molar-refractivity contribution in [3.63, 3.8) is 0 Å². The van der Waals surface area contributed by atoms with Crippen molar-refractivity contribution in [3.05, 3.63) is 53.4 Å². The average Bonchev–Trinajstić information content (AvgIpc) is 3.08. The second-order valence-corrected chi connectivity index (χ2v) is 10.2. The van der Waals surface area contributed by atoms with Crippen molar-refractivity contribution in [2.75, 3.05) is 5.32 Å². The van der Waals surface area contributed by atoms with E-state index in [2.05, 4.69) is 10.3 Å². The van der Waals surface area contributed by atoms with E-state index in [1.165, 1.54) is 26.1 Å². The van der Waals surface area contributed by atoms with E-state index in [1.54, 1.807) is 0 Å². The molecule has 4 rings (SSSR count). The average molecular weight is 543 g/mol. The third-order valence-electron chi connectivity index (χ3n) is 7.27. The molecule has 38 heavy (non-hydrogen) atoms. The molecule has 1 aromatic heterocycles. The van der Waals surface area contributed by atoms with Gasteiger partial charge in [0.05, 0.1) is 5.60 Å². The zero-order valence-electron chi connectivity index (χ0n) is 20.6. The van der Waals surface area contributed by atoms with Crippen LogP contribution in [0.25, 0.3) is 0 Å². The van der Waals surface area contributed by atoms with Gasteiger partial charge in [-0.25, -0.2) is 4.39 Å². The van der Waals surface area contributed by atoms with Crippen LogP contribution < -0.4 is 15.8 Å². The zero-order valence-corrected chi connectivity index (χ0v) is 20.6. The lowest BCUT2D eigenvalue weighted by atomic mass is 9.76. The molecule has 0 unspecified atom stereocenters. The van der Waals surface area contributed by atoms with Gasteiger partial charge in [0.25, 0.3) is 11.8 Å². The molecule has 13 heteroatoms. The number of anilines is 1. The molecular weight excluding hydrogens is 517 g/mol.